The number of hydrogen-bond donors (Lipinski definition) is 8. The molecule has 0 fully saturated rings. The van der Waals surface area contributed by atoms with Gasteiger partial charge in [0.1, 0.15) is 46.0 Å². The highest BCUT2D eigenvalue weighted by atomic mass is 79.9. The summed E-state index contributed by atoms with van der Waals surface area (Å²) in [6.45, 7) is 9.59. The molecular weight excluding hydrogens is 1080 g/mol. The van der Waals surface area contributed by atoms with Crippen LogP contribution in [0.1, 0.15) is 34.7 Å². The van der Waals surface area contributed by atoms with Crippen molar-refractivity contribution < 1.29 is 40.9 Å². The summed E-state index contributed by atoms with van der Waals surface area (Å²) in [6.07, 6.45) is 0.866. The SMILES string of the molecule is CCc1cc(Br)ccc1O.Cc1c(Cl)cc(O)cc1Cl.Cc1cc(O)ccc1Cl.Cc1ccc(O)cc1.Cc1cccc(O)c1.Oc1ccc(Cl)cc1.Oc1cccc(Br)c1.Oc1ccccc1. The van der Waals surface area contributed by atoms with E-state index in [1.165, 1.54) is 17.7 Å². The predicted molar refractivity (Wildman–Crippen MR) is 289 cm³/mol. The van der Waals surface area contributed by atoms with Gasteiger partial charge in [-0.25, -0.2) is 0 Å². The van der Waals surface area contributed by atoms with Crippen LogP contribution in [0.3, 0.4) is 0 Å². The van der Waals surface area contributed by atoms with E-state index in [4.69, 9.17) is 82.1 Å². The van der Waals surface area contributed by atoms with Crippen LogP contribution in [0.4, 0.5) is 0 Å². The van der Waals surface area contributed by atoms with Gasteiger partial charge in [-0.15, -0.1) is 0 Å². The maximum Gasteiger partial charge on any atom is 0.118 e. The van der Waals surface area contributed by atoms with Gasteiger partial charge in [-0.2, -0.15) is 0 Å². The van der Waals surface area contributed by atoms with Crippen LogP contribution in [0.25, 0.3) is 0 Å². The van der Waals surface area contributed by atoms with E-state index in [9.17, 15) is 5.11 Å². The Bertz CT molecular complexity index is 2470. The minimum Gasteiger partial charge on any atom is -0.508 e. The van der Waals surface area contributed by atoms with Crippen molar-refractivity contribution in [3.05, 3.63) is 233 Å². The summed E-state index contributed by atoms with van der Waals surface area (Å²) in [5.41, 5.74) is 4.93. The number of phenolic OH excluding ortho intramolecular Hbond substituents is 8. The van der Waals surface area contributed by atoms with Gasteiger partial charge >= 0.3 is 0 Å². The van der Waals surface area contributed by atoms with E-state index in [0.717, 1.165) is 37.6 Å². The minimum absolute atomic E-state index is 0.0978. The Morgan fingerprint density at radius 1 is 0.368 bits per heavy atom. The molecule has 0 radical (unpaired) electrons. The number of rotatable bonds is 1. The molecule has 0 atom stereocenters. The maximum absolute atomic E-state index is 9.21. The van der Waals surface area contributed by atoms with Gasteiger partial charge in [0.2, 0.25) is 0 Å². The standard InChI is InChI=1S/C8H9BrO.C7H6Cl2O.C7H7ClO.2C7H8O.C6H5BrO.C6H5ClO.C6H6O/c1-2-6-5-7(9)3-4-8(6)10;1-4-6(8)2-5(10)3-7(4)9;1-5-4-6(9)2-3-7(5)8;1-6-2-4-7(8)5-3-6;1-6-3-2-4-7(8)5-6;7-5-2-1-3-6(8)4-5;7-5-1-3-6(8)4-2-5;7-6-4-2-1-3-5-6/h3-5,10H,2H2,1H3;2-3,10H,1H3;2-4,9H,1H3;2*2-5,8H,1H3;2*1-4,8H;1-5,7H. The summed E-state index contributed by atoms with van der Waals surface area (Å²) in [5.74, 6) is 2.26. The predicted octanol–water partition coefficient (Wildman–Crippen LogP) is 17.1. The van der Waals surface area contributed by atoms with Crippen molar-refractivity contribution in [3.63, 3.8) is 0 Å². The van der Waals surface area contributed by atoms with E-state index in [2.05, 4.69) is 31.9 Å². The molecule has 8 aromatic rings. The van der Waals surface area contributed by atoms with Crippen LogP contribution < -0.4 is 0 Å². The molecule has 0 aliphatic carbocycles. The molecule has 0 aliphatic heterocycles. The van der Waals surface area contributed by atoms with Crippen LogP contribution in [-0.2, 0) is 6.42 Å². The smallest absolute Gasteiger partial charge is 0.118 e. The van der Waals surface area contributed by atoms with Gasteiger partial charge in [0, 0.05) is 29.0 Å². The van der Waals surface area contributed by atoms with Gasteiger partial charge in [-0.1, -0.05) is 139 Å². The van der Waals surface area contributed by atoms with Gasteiger partial charge in [-0.3, -0.25) is 0 Å². The van der Waals surface area contributed by atoms with E-state index >= 15 is 0 Å². The molecule has 0 spiro atoms. The fraction of sp³-hybridized carbons (Fsp3) is 0.111. The summed E-state index contributed by atoms with van der Waals surface area (Å²) in [7, 11) is 0. The second kappa shape index (κ2) is 33.7. The Hall–Kier alpha value is -5.72. The molecule has 0 unspecified atom stereocenters. The van der Waals surface area contributed by atoms with Crippen molar-refractivity contribution in [1.29, 1.82) is 0 Å². The quantitative estimate of drug-likeness (QED) is 0.0806. The van der Waals surface area contributed by atoms with Crippen molar-refractivity contribution in [1.82, 2.24) is 0 Å². The summed E-state index contributed by atoms with van der Waals surface area (Å²) in [5, 5.41) is 73.0. The lowest BCUT2D eigenvalue weighted by atomic mass is 10.1. The number of aryl methyl sites for hydroxylation is 4. The Labute approximate surface area is 435 Å². The maximum atomic E-state index is 9.21. The molecule has 8 N–H and O–H groups in total. The van der Waals surface area contributed by atoms with Crippen LogP contribution in [-0.4, -0.2) is 40.9 Å². The van der Waals surface area contributed by atoms with Gasteiger partial charge in [-0.05, 0) is 184 Å². The van der Waals surface area contributed by atoms with Crippen molar-refractivity contribution in [2.24, 2.45) is 0 Å². The highest BCUT2D eigenvalue weighted by Gasteiger charge is 2.02. The van der Waals surface area contributed by atoms with Gasteiger partial charge in [0.15, 0.2) is 0 Å². The van der Waals surface area contributed by atoms with Crippen LogP contribution >= 0.6 is 78.3 Å². The number of halogens is 6. The monoisotopic (exact) mass is 1130 g/mol. The van der Waals surface area contributed by atoms with E-state index in [0.29, 0.717) is 48.8 Å². The third-order valence-electron chi connectivity index (χ3n) is 8.26. The average Bonchev–Trinajstić information content (AvgIpc) is 3.29. The van der Waals surface area contributed by atoms with E-state index < -0.39 is 0 Å². The highest BCUT2D eigenvalue weighted by molar-refractivity contribution is 9.10. The number of para-hydroxylation sites is 1. The molecular formula is C54H54Br2Cl4O8. The van der Waals surface area contributed by atoms with Gasteiger partial charge < -0.3 is 40.9 Å². The van der Waals surface area contributed by atoms with E-state index in [1.54, 1.807) is 122 Å². The fourth-order valence-corrected chi connectivity index (χ4v) is 6.13. The average molecular weight is 1130 g/mol. The molecule has 0 amide bonds. The minimum atomic E-state index is 0.0978. The van der Waals surface area contributed by atoms with Crippen molar-refractivity contribution in [3.8, 4) is 46.0 Å². The van der Waals surface area contributed by atoms with Crippen molar-refractivity contribution >= 4 is 78.3 Å². The van der Waals surface area contributed by atoms with Crippen LogP contribution in [0.15, 0.2) is 185 Å². The van der Waals surface area contributed by atoms with Gasteiger partial charge in [0.05, 0.1) is 0 Å². The summed E-state index contributed by atoms with van der Waals surface area (Å²) >= 11 is 29.0. The molecule has 360 valence electrons. The number of hydrogen-bond acceptors (Lipinski definition) is 8. The molecule has 0 aliphatic rings. The lowest BCUT2D eigenvalue weighted by molar-refractivity contribution is 0.468. The third kappa shape index (κ3) is 28.5. The molecule has 8 rings (SSSR count). The largest absolute Gasteiger partial charge is 0.508 e. The summed E-state index contributed by atoms with van der Waals surface area (Å²) < 4.78 is 1.92. The Morgan fingerprint density at radius 3 is 1.19 bits per heavy atom. The second-order valence-electron chi connectivity index (χ2n) is 14.1. The second-order valence-corrected chi connectivity index (χ2v) is 17.6. The Kier molecular flexibility index (Phi) is 29.9. The number of aromatic hydroxyl groups is 8. The zero-order chi connectivity index (χ0) is 51.2. The van der Waals surface area contributed by atoms with E-state index in [-0.39, 0.29) is 17.2 Å². The van der Waals surface area contributed by atoms with Gasteiger partial charge in [0.25, 0.3) is 0 Å². The lowest BCUT2D eigenvalue weighted by Gasteiger charge is -2.00. The summed E-state index contributed by atoms with van der Waals surface area (Å²) in [4.78, 5) is 0. The molecule has 0 saturated carbocycles. The third-order valence-corrected chi connectivity index (χ3v) is 10.7. The Balaban J connectivity index is 0.000000389. The van der Waals surface area contributed by atoms with Crippen LogP contribution in [0.2, 0.25) is 20.1 Å². The van der Waals surface area contributed by atoms with E-state index in [1.807, 2.05) is 76.2 Å². The number of phenols is 8. The first-order chi connectivity index (χ1) is 32.1. The van der Waals surface area contributed by atoms with Crippen molar-refractivity contribution in [2.75, 3.05) is 0 Å². The fourth-order valence-electron chi connectivity index (χ4n) is 4.62. The zero-order valence-electron chi connectivity index (χ0n) is 37.8. The lowest BCUT2D eigenvalue weighted by Crippen LogP contribution is -1.79. The van der Waals surface area contributed by atoms with Crippen LogP contribution in [0.5, 0.6) is 46.0 Å². The first-order valence-corrected chi connectivity index (χ1v) is 23.4. The number of benzene rings is 8. The molecule has 8 nitrogen and oxygen atoms in total. The van der Waals surface area contributed by atoms with Crippen molar-refractivity contribution in [2.45, 2.75) is 41.0 Å². The molecule has 8 aromatic carbocycles. The first-order valence-electron chi connectivity index (χ1n) is 20.3. The molecule has 0 heterocycles. The molecule has 14 heteroatoms. The molecule has 0 bridgehead atoms. The zero-order valence-corrected chi connectivity index (χ0v) is 44.0. The van der Waals surface area contributed by atoms with Crippen LogP contribution in [0, 0.1) is 27.7 Å². The summed E-state index contributed by atoms with van der Waals surface area (Å²) in [6, 6.07) is 49.5. The molecule has 0 aromatic heterocycles. The first kappa shape index (κ1) is 60.3. The molecule has 0 saturated heterocycles. The highest BCUT2D eigenvalue weighted by Crippen LogP contribution is 2.28. The topological polar surface area (TPSA) is 162 Å². The normalized spacial score (nSPS) is 9.34. The Morgan fingerprint density at radius 2 is 0.824 bits per heavy atom. The molecule has 68 heavy (non-hydrogen) atoms.